The lowest BCUT2D eigenvalue weighted by atomic mass is 10.1. The third-order valence-corrected chi connectivity index (χ3v) is 3.40. The van der Waals surface area contributed by atoms with Crippen LogP contribution in [0.4, 0.5) is 0 Å². The zero-order chi connectivity index (χ0) is 14.1. The van der Waals surface area contributed by atoms with E-state index in [1.165, 1.54) is 12.1 Å². The molecule has 0 bridgehead atoms. The molecule has 5 nitrogen and oxygen atoms in total. The second kappa shape index (κ2) is 5.17. The summed E-state index contributed by atoms with van der Waals surface area (Å²) in [4.78, 5) is 12.2. The first-order valence-corrected chi connectivity index (χ1v) is 6.75. The van der Waals surface area contributed by atoms with Crippen molar-refractivity contribution in [2.24, 2.45) is 0 Å². The third-order valence-electron chi connectivity index (χ3n) is 3.40. The molecule has 0 amide bonds. The predicted molar refractivity (Wildman–Crippen MR) is 71.8 cm³/mol. The SMILES string of the molecule is CCOC(=O)c1c(C2CCCO2)oc2ccc(O)cc12. The highest BCUT2D eigenvalue weighted by Gasteiger charge is 2.30. The standard InChI is InChI=1S/C15H16O5/c1-2-18-15(17)13-10-8-9(16)5-6-11(10)20-14(13)12-4-3-7-19-12/h5-6,8,12,16H,2-4,7H2,1H3. The summed E-state index contributed by atoms with van der Waals surface area (Å²) >= 11 is 0. The second-order valence-corrected chi connectivity index (χ2v) is 4.74. The highest BCUT2D eigenvalue weighted by molar-refractivity contribution is 6.05. The molecule has 1 aromatic heterocycles. The van der Waals surface area contributed by atoms with Gasteiger partial charge in [-0.25, -0.2) is 4.79 Å². The molecule has 0 aliphatic carbocycles. The molecule has 106 valence electrons. The van der Waals surface area contributed by atoms with Crippen molar-refractivity contribution in [3.8, 4) is 5.75 Å². The number of ether oxygens (including phenoxy) is 2. The van der Waals surface area contributed by atoms with Crippen LogP contribution in [-0.2, 0) is 9.47 Å². The van der Waals surface area contributed by atoms with E-state index in [0.717, 1.165) is 12.8 Å². The molecule has 1 unspecified atom stereocenters. The number of rotatable bonds is 3. The largest absolute Gasteiger partial charge is 0.508 e. The maximum atomic E-state index is 12.2. The molecule has 1 aliphatic rings. The molecule has 1 N–H and O–H groups in total. The first kappa shape index (κ1) is 13.0. The molecule has 1 saturated heterocycles. The van der Waals surface area contributed by atoms with Crippen LogP contribution < -0.4 is 0 Å². The number of esters is 1. The summed E-state index contributed by atoms with van der Waals surface area (Å²) < 4.78 is 16.5. The number of carbonyl (C=O) groups is 1. The van der Waals surface area contributed by atoms with Crippen LogP contribution in [-0.4, -0.2) is 24.3 Å². The van der Waals surface area contributed by atoms with Crippen molar-refractivity contribution in [1.29, 1.82) is 0 Å². The van der Waals surface area contributed by atoms with Crippen molar-refractivity contribution >= 4 is 16.9 Å². The molecule has 3 rings (SSSR count). The van der Waals surface area contributed by atoms with E-state index in [0.29, 0.717) is 28.9 Å². The molecule has 0 spiro atoms. The van der Waals surface area contributed by atoms with Gasteiger partial charge in [0, 0.05) is 12.0 Å². The Labute approximate surface area is 116 Å². The number of phenols is 1. The van der Waals surface area contributed by atoms with Gasteiger partial charge in [-0.2, -0.15) is 0 Å². The third kappa shape index (κ3) is 2.14. The van der Waals surface area contributed by atoms with Crippen molar-refractivity contribution in [1.82, 2.24) is 0 Å². The molecular weight excluding hydrogens is 260 g/mol. The van der Waals surface area contributed by atoms with Crippen LogP contribution in [0.2, 0.25) is 0 Å². The number of furan rings is 1. The average Bonchev–Trinajstić information content (AvgIpc) is 3.05. The van der Waals surface area contributed by atoms with E-state index in [-0.39, 0.29) is 18.5 Å². The monoisotopic (exact) mass is 276 g/mol. The van der Waals surface area contributed by atoms with E-state index in [9.17, 15) is 9.90 Å². The van der Waals surface area contributed by atoms with Crippen LogP contribution in [0.25, 0.3) is 11.0 Å². The number of hydrogen-bond donors (Lipinski definition) is 1. The van der Waals surface area contributed by atoms with Crippen LogP contribution in [0, 0.1) is 0 Å². The summed E-state index contributed by atoms with van der Waals surface area (Å²) in [7, 11) is 0. The first-order valence-electron chi connectivity index (χ1n) is 6.75. The molecule has 2 aromatic rings. The maximum Gasteiger partial charge on any atom is 0.342 e. The van der Waals surface area contributed by atoms with Gasteiger partial charge in [-0.1, -0.05) is 0 Å². The predicted octanol–water partition coefficient (Wildman–Crippen LogP) is 3.17. The molecule has 2 heterocycles. The van der Waals surface area contributed by atoms with Crippen molar-refractivity contribution in [3.63, 3.8) is 0 Å². The first-order chi connectivity index (χ1) is 9.70. The zero-order valence-corrected chi connectivity index (χ0v) is 11.2. The fraction of sp³-hybridized carbons (Fsp3) is 0.400. The van der Waals surface area contributed by atoms with Gasteiger partial charge in [-0.05, 0) is 38.0 Å². The van der Waals surface area contributed by atoms with Gasteiger partial charge < -0.3 is 19.0 Å². The molecule has 0 radical (unpaired) electrons. The Bertz CT molecular complexity index is 637. The van der Waals surface area contributed by atoms with Gasteiger partial charge in [0.25, 0.3) is 0 Å². The minimum atomic E-state index is -0.442. The number of phenolic OH excluding ortho intramolecular Hbond substituents is 1. The Morgan fingerprint density at radius 3 is 3.05 bits per heavy atom. The topological polar surface area (TPSA) is 68.9 Å². The van der Waals surface area contributed by atoms with Gasteiger partial charge in [-0.3, -0.25) is 0 Å². The fourth-order valence-electron chi connectivity index (χ4n) is 2.53. The quantitative estimate of drug-likeness (QED) is 0.872. The van der Waals surface area contributed by atoms with Crippen molar-refractivity contribution in [2.45, 2.75) is 25.9 Å². The number of fused-ring (bicyclic) bond motifs is 1. The second-order valence-electron chi connectivity index (χ2n) is 4.74. The van der Waals surface area contributed by atoms with Gasteiger partial charge in [-0.15, -0.1) is 0 Å². The molecule has 5 heteroatoms. The van der Waals surface area contributed by atoms with Gasteiger partial charge in [0.15, 0.2) is 0 Å². The van der Waals surface area contributed by atoms with Crippen LogP contribution in [0.3, 0.4) is 0 Å². The van der Waals surface area contributed by atoms with Gasteiger partial charge >= 0.3 is 5.97 Å². The highest BCUT2D eigenvalue weighted by Crippen LogP contribution is 2.38. The number of aromatic hydroxyl groups is 1. The Kier molecular flexibility index (Phi) is 3.36. The van der Waals surface area contributed by atoms with Crippen molar-refractivity contribution in [3.05, 3.63) is 29.5 Å². The normalized spacial score (nSPS) is 18.6. The van der Waals surface area contributed by atoms with Crippen LogP contribution in [0.5, 0.6) is 5.75 Å². The van der Waals surface area contributed by atoms with E-state index in [4.69, 9.17) is 13.9 Å². The summed E-state index contributed by atoms with van der Waals surface area (Å²) in [5.74, 6) is 0.145. The van der Waals surface area contributed by atoms with E-state index in [2.05, 4.69) is 0 Å². The summed E-state index contributed by atoms with van der Waals surface area (Å²) in [6, 6.07) is 4.69. The minimum absolute atomic E-state index is 0.0859. The Morgan fingerprint density at radius 2 is 2.35 bits per heavy atom. The van der Waals surface area contributed by atoms with Gasteiger partial charge in [0.1, 0.15) is 28.8 Å². The number of benzene rings is 1. The average molecular weight is 276 g/mol. The maximum absolute atomic E-state index is 12.2. The molecule has 1 aromatic carbocycles. The Hall–Kier alpha value is -2.01. The van der Waals surface area contributed by atoms with Crippen molar-refractivity contribution in [2.75, 3.05) is 13.2 Å². The van der Waals surface area contributed by atoms with Crippen LogP contribution >= 0.6 is 0 Å². The molecule has 20 heavy (non-hydrogen) atoms. The van der Waals surface area contributed by atoms with E-state index in [1.807, 2.05) is 0 Å². The number of carbonyl (C=O) groups excluding carboxylic acids is 1. The minimum Gasteiger partial charge on any atom is -0.508 e. The Balaban J connectivity index is 2.16. The molecule has 0 saturated carbocycles. The molecule has 1 aliphatic heterocycles. The zero-order valence-electron chi connectivity index (χ0n) is 11.2. The fourth-order valence-corrected chi connectivity index (χ4v) is 2.53. The smallest absolute Gasteiger partial charge is 0.342 e. The van der Waals surface area contributed by atoms with Gasteiger partial charge in [0.05, 0.1) is 6.61 Å². The molecule has 1 fully saturated rings. The lowest BCUT2D eigenvalue weighted by Crippen LogP contribution is -2.08. The summed E-state index contributed by atoms with van der Waals surface area (Å²) in [5.41, 5.74) is 0.918. The van der Waals surface area contributed by atoms with Gasteiger partial charge in [0.2, 0.25) is 0 Å². The lowest BCUT2D eigenvalue weighted by molar-refractivity contribution is 0.0507. The molecule has 1 atom stereocenters. The molecular formula is C15H16O5. The summed E-state index contributed by atoms with van der Waals surface area (Å²) in [6.07, 6.45) is 1.54. The van der Waals surface area contributed by atoms with E-state index in [1.54, 1.807) is 13.0 Å². The summed E-state index contributed by atoms with van der Waals surface area (Å²) in [5, 5.41) is 10.2. The lowest BCUT2D eigenvalue weighted by Gasteiger charge is -2.08. The highest BCUT2D eigenvalue weighted by atomic mass is 16.5. The van der Waals surface area contributed by atoms with E-state index < -0.39 is 5.97 Å². The summed E-state index contributed by atoms with van der Waals surface area (Å²) in [6.45, 7) is 2.70. The van der Waals surface area contributed by atoms with Crippen LogP contribution in [0.1, 0.15) is 42.0 Å². The van der Waals surface area contributed by atoms with E-state index >= 15 is 0 Å². The van der Waals surface area contributed by atoms with Crippen molar-refractivity contribution < 1.29 is 23.8 Å². The van der Waals surface area contributed by atoms with Crippen LogP contribution in [0.15, 0.2) is 22.6 Å². The number of hydrogen-bond acceptors (Lipinski definition) is 5. The Morgan fingerprint density at radius 1 is 1.50 bits per heavy atom.